The average molecular weight is 310 g/mol. The first-order valence-corrected chi connectivity index (χ1v) is 7.43. The van der Waals surface area contributed by atoms with Crippen molar-refractivity contribution in [3.05, 3.63) is 41.6 Å². The maximum absolute atomic E-state index is 12.1. The van der Waals surface area contributed by atoms with Crippen molar-refractivity contribution >= 4 is 33.6 Å². The van der Waals surface area contributed by atoms with Crippen molar-refractivity contribution in [2.75, 3.05) is 0 Å². The monoisotopic (exact) mass is 310 g/mol. The number of aromatic nitrogens is 1. The number of benzene rings is 2. The number of fused-ring (bicyclic) bond motifs is 3. The van der Waals surface area contributed by atoms with E-state index in [-0.39, 0.29) is 18.4 Å². The average Bonchev–Trinajstić information content (AvgIpc) is 2.98. The van der Waals surface area contributed by atoms with Crippen molar-refractivity contribution in [2.45, 2.75) is 25.4 Å². The molecular formula is C17H14N2O4. The lowest BCUT2D eigenvalue weighted by molar-refractivity contribution is -0.134. The molecule has 0 bridgehead atoms. The van der Waals surface area contributed by atoms with Crippen molar-refractivity contribution in [2.24, 2.45) is 0 Å². The van der Waals surface area contributed by atoms with Gasteiger partial charge < -0.3 is 9.63 Å². The molecule has 2 amide bonds. The Balaban J connectivity index is 1.92. The van der Waals surface area contributed by atoms with Crippen molar-refractivity contribution in [3.8, 4) is 0 Å². The molecule has 0 radical (unpaired) electrons. The van der Waals surface area contributed by atoms with Gasteiger partial charge in [-0.15, -0.1) is 0 Å². The molecule has 1 fully saturated rings. The highest BCUT2D eigenvalue weighted by Gasteiger charge is 2.32. The Hall–Kier alpha value is -2.73. The summed E-state index contributed by atoms with van der Waals surface area (Å²) in [7, 11) is 0. The minimum absolute atomic E-state index is 0.0301. The molecule has 2 N–H and O–H groups in total. The van der Waals surface area contributed by atoms with Crippen molar-refractivity contribution in [1.29, 1.82) is 0 Å². The molecule has 1 atom stereocenters. The third-order valence-corrected chi connectivity index (χ3v) is 4.30. The van der Waals surface area contributed by atoms with E-state index in [2.05, 4.69) is 10.5 Å². The number of aliphatic hydroxyl groups excluding tert-OH is 1. The van der Waals surface area contributed by atoms with E-state index in [0.717, 1.165) is 21.7 Å². The molecule has 6 heteroatoms. The number of nitrogens with zero attached hydrogens (tertiary/aromatic N) is 1. The molecule has 2 heterocycles. The smallest absolute Gasteiger partial charge is 0.235 e. The Bertz CT molecular complexity index is 944. The van der Waals surface area contributed by atoms with Crippen molar-refractivity contribution < 1.29 is 19.2 Å². The third-order valence-electron chi connectivity index (χ3n) is 4.30. The van der Waals surface area contributed by atoms with E-state index >= 15 is 0 Å². The summed E-state index contributed by atoms with van der Waals surface area (Å²) in [6, 6.07) is 9.34. The van der Waals surface area contributed by atoms with Crippen LogP contribution in [-0.2, 0) is 16.2 Å². The number of piperidine rings is 1. The summed E-state index contributed by atoms with van der Waals surface area (Å²) >= 11 is 0. The molecule has 4 rings (SSSR count). The van der Waals surface area contributed by atoms with Gasteiger partial charge >= 0.3 is 0 Å². The lowest BCUT2D eigenvalue weighted by Gasteiger charge is -2.19. The van der Waals surface area contributed by atoms with E-state index in [0.29, 0.717) is 24.1 Å². The number of aliphatic hydroxyl groups is 1. The van der Waals surface area contributed by atoms with Crippen LogP contribution in [0.1, 0.15) is 30.0 Å². The molecule has 0 spiro atoms. The van der Waals surface area contributed by atoms with Gasteiger partial charge in [-0.05, 0) is 34.9 Å². The zero-order chi connectivity index (χ0) is 16.0. The Labute approximate surface area is 131 Å². The molecule has 1 saturated heterocycles. The quantitative estimate of drug-likeness (QED) is 0.706. The summed E-state index contributed by atoms with van der Waals surface area (Å²) in [4.78, 5) is 23.5. The zero-order valence-corrected chi connectivity index (χ0v) is 12.2. The van der Waals surface area contributed by atoms with Crippen LogP contribution < -0.4 is 5.32 Å². The molecule has 1 aliphatic rings. The number of rotatable bonds is 2. The second-order valence-electron chi connectivity index (χ2n) is 5.72. The summed E-state index contributed by atoms with van der Waals surface area (Å²) in [6.07, 6.45) is 0.724. The van der Waals surface area contributed by atoms with Gasteiger partial charge in [0.15, 0.2) is 5.58 Å². The number of hydrogen-bond donors (Lipinski definition) is 2. The minimum Gasteiger partial charge on any atom is -0.392 e. The largest absolute Gasteiger partial charge is 0.392 e. The maximum Gasteiger partial charge on any atom is 0.235 e. The zero-order valence-electron chi connectivity index (χ0n) is 12.2. The van der Waals surface area contributed by atoms with Gasteiger partial charge in [-0.25, -0.2) is 0 Å². The second kappa shape index (κ2) is 5.17. The van der Waals surface area contributed by atoms with Gasteiger partial charge in [-0.2, -0.15) is 0 Å². The van der Waals surface area contributed by atoms with Gasteiger partial charge in [0.2, 0.25) is 11.8 Å². The predicted molar refractivity (Wildman–Crippen MR) is 82.6 cm³/mol. The summed E-state index contributed by atoms with van der Waals surface area (Å²) in [6.45, 7) is -0.0301. The van der Waals surface area contributed by atoms with Gasteiger partial charge in [0.25, 0.3) is 0 Å². The topological polar surface area (TPSA) is 92.4 Å². The number of hydrogen-bond acceptors (Lipinski definition) is 5. The van der Waals surface area contributed by atoms with E-state index in [4.69, 9.17) is 4.52 Å². The van der Waals surface area contributed by atoms with Gasteiger partial charge in [0, 0.05) is 6.42 Å². The fraction of sp³-hybridized carbons (Fsp3) is 0.235. The molecule has 6 nitrogen and oxygen atoms in total. The summed E-state index contributed by atoms with van der Waals surface area (Å²) in [5.41, 5.74) is 1.98. The van der Waals surface area contributed by atoms with Crippen LogP contribution in [0.4, 0.5) is 0 Å². The molecule has 3 aromatic rings. The van der Waals surface area contributed by atoms with Gasteiger partial charge in [0.05, 0.1) is 17.9 Å². The van der Waals surface area contributed by atoms with E-state index in [1.807, 2.05) is 24.3 Å². The third kappa shape index (κ3) is 2.19. The Morgan fingerprint density at radius 1 is 1.26 bits per heavy atom. The van der Waals surface area contributed by atoms with Gasteiger partial charge in [0.1, 0.15) is 5.69 Å². The van der Waals surface area contributed by atoms with E-state index in [9.17, 15) is 14.7 Å². The van der Waals surface area contributed by atoms with E-state index < -0.39 is 5.92 Å². The SMILES string of the molecule is O=C1CCC(c2noc3ccc4cc(CO)ccc4c23)C(=O)N1. The second-order valence-corrected chi connectivity index (χ2v) is 5.72. The summed E-state index contributed by atoms with van der Waals surface area (Å²) in [5, 5.41) is 18.4. The summed E-state index contributed by atoms with van der Waals surface area (Å²) in [5.74, 6) is -1.08. The highest BCUT2D eigenvalue weighted by molar-refractivity contribution is 6.10. The molecule has 1 unspecified atom stereocenters. The van der Waals surface area contributed by atoms with Crippen LogP contribution in [0.5, 0.6) is 0 Å². The Morgan fingerprint density at radius 2 is 2.13 bits per heavy atom. The molecule has 0 saturated carbocycles. The van der Waals surface area contributed by atoms with Crippen LogP contribution >= 0.6 is 0 Å². The van der Waals surface area contributed by atoms with Crippen LogP contribution in [0, 0.1) is 0 Å². The molecule has 116 valence electrons. The molecule has 23 heavy (non-hydrogen) atoms. The molecule has 1 aromatic heterocycles. The Morgan fingerprint density at radius 3 is 2.91 bits per heavy atom. The number of carbonyl (C=O) groups is 2. The number of imide groups is 1. The van der Waals surface area contributed by atoms with E-state index in [1.165, 1.54) is 0 Å². The summed E-state index contributed by atoms with van der Waals surface area (Å²) < 4.78 is 5.38. The van der Waals surface area contributed by atoms with E-state index in [1.54, 1.807) is 6.07 Å². The van der Waals surface area contributed by atoms with Crippen LogP contribution in [0.25, 0.3) is 21.7 Å². The minimum atomic E-state index is -0.489. The Kier molecular flexibility index (Phi) is 3.12. The molecule has 0 aliphatic carbocycles. The number of nitrogens with one attached hydrogen (secondary N) is 1. The lowest BCUT2D eigenvalue weighted by atomic mass is 9.91. The van der Waals surface area contributed by atoms with Crippen molar-refractivity contribution in [3.63, 3.8) is 0 Å². The standard InChI is InChI=1S/C17H14N2O4/c20-8-9-1-3-11-10(7-9)2-5-13-15(11)16(19-23-13)12-4-6-14(21)18-17(12)22/h1-3,5,7,12,20H,4,6,8H2,(H,18,21,22). The molecular weight excluding hydrogens is 296 g/mol. The van der Waals surface area contributed by atoms with Crippen LogP contribution in [0.2, 0.25) is 0 Å². The first kappa shape index (κ1) is 13.9. The fourth-order valence-electron chi connectivity index (χ4n) is 3.13. The number of carbonyl (C=O) groups excluding carboxylic acids is 2. The van der Waals surface area contributed by atoms with Gasteiger partial charge in [-0.1, -0.05) is 23.4 Å². The highest BCUT2D eigenvalue weighted by Crippen LogP contribution is 2.35. The van der Waals surface area contributed by atoms with Crippen LogP contribution in [0.15, 0.2) is 34.9 Å². The first-order valence-electron chi connectivity index (χ1n) is 7.43. The lowest BCUT2D eigenvalue weighted by Crippen LogP contribution is -2.39. The maximum atomic E-state index is 12.1. The molecule has 1 aliphatic heterocycles. The van der Waals surface area contributed by atoms with Crippen molar-refractivity contribution in [1.82, 2.24) is 10.5 Å². The van der Waals surface area contributed by atoms with Crippen LogP contribution in [-0.4, -0.2) is 22.1 Å². The van der Waals surface area contributed by atoms with Gasteiger partial charge in [-0.3, -0.25) is 14.9 Å². The predicted octanol–water partition coefficient (Wildman–Crippen LogP) is 1.99. The van der Waals surface area contributed by atoms with Crippen LogP contribution in [0.3, 0.4) is 0 Å². The number of amides is 2. The molecule has 2 aromatic carbocycles. The highest BCUT2D eigenvalue weighted by atomic mass is 16.5. The normalized spacial score (nSPS) is 18.6. The first-order chi connectivity index (χ1) is 11.2. The fourth-order valence-corrected chi connectivity index (χ4v) is 3.13.